The molecule has 4 heteroatoms. The van der Waals surface area contributed by atoms with Crippen molar-refractivity contribution in [1.82, 2.24) is 0 Å². The lowest BCUT2D eigenvalue weighted by atomic mass is 10.1. The average Bonchev–Trinajstić information content (AvgIpc) is 2.68. The van der Waals surface area contributed by atoms with Gasteiger partial charge in [-0.1, -0.05) is 11.6 Å². The van der Waals surface area contributed by atoms with Crippen LogP contribution < -0.4 is 0 Å². The predicted octanol–water partition coefficient (Wildman–Crippen LogP) is 3.61. The van der Waals surface area contributed by atoms with Crippen molar-refractivity contribution in [3.05, 3.63) is 58.3 Å². The maximum absolute atomic E-state index is 13.1. The van der Waals surface area contributed by atoms with Crippen LogP contribution in [0.5, 0.6) is 0 Å². The van der Waals surface area contributed by atoms with E-state index >= 15 is 0 Å². The zero-order chi connectivity index (χ0) is 11.7. The first kappa shape index (κ1) is 10.9. The van der Waals surface area contributed by atoms with Gasteiger partial charge in [-0.15, -0.1) is 0 Å². The third-order valence-corrected chi connectivity index (χ3v) is 2.45. The maximum Gasteiger partial charge on any atom is 0.228 e. The van der Waals surface area contributed by atoms with Gasteiger partial charge < -0.3 is 4.42 Å². The van der Waals surface area contributed by atoms with Crippen molar-refractivity contribution in [1.29, 1.82) is 0 Å². The van der Waals surface area contributed by atoms with Crippen LogP contribution in [-0.4, -0.2) is 5.78 Å². The molecule has 0 saturated heterocycles. The lowest BCUT2D eigenvalue weighted by Crippen LogP contribution is -2.00. The standard InChI is InChI=1S/C12H8ClFO2/c1-7-2-5-11(16-7)12(15)8-3-4-9(13)10(14)6-8/h2-6H,1H3. The second-order valence-corrected chi connectivity index (χ2v) is 3.78. The van der Waals surface area contributed by atoms with E-state index < -0.39 is 5.82 Å². The van der Waals surface area contributed by atoms with Gasteiger partial charge in [-0.25, -0.2) is 4.39 Å². The fourth-order valence-electron chi connectivity index (χ4n) is 1.34. The van der Waals surface area contributed by atoms with Gasteiger partial charge in [0.25, 0.3) is 0 Å². The first-order valence-electron chi connectivity index (χ1n) is 4.64. The van der Waals surface area contributed by atoms with E-state index in [0.29, 0.717) is 5.76 Å². The SMILES string of the molecule is Cc1ccc(C(=O)c2ccc(Cl)c(F)c2)o1. The van der Waals surface area contributed by atoms with Gasteiger partial charge in [0.1, 0.15) is 11.6 Å². The molecule has 0 bridgehead atoms. The highest BCUT2D eigenvalue weighted by molar-refractivity contribution is 6.30. The molecule has 1 aromatic heterocycles. The summed E-state index contributed by atoms with van der Waals surface area (Å²) in [5.74, 6) is -0.142. The average molecular weight is 239 g/mol. The van der Waals surface area contributed by atoms with E-state index in [1.54, 1.807) is 19.1 Å². The summed E-state index contributed by atoms with van der Waals surface area (Å²) in [5.41, 5.74) is 0.219. The summed E-state index contributed by atoms with van der Waals surface area (Å²) in [5, 5.41) is -0.00724. The fraction of sp³-hybridized carbons (Fsp3) is 0.0833. The molecular weight excluding hydrogens is 231 g/mol. The normalized spacial score (nSPS) is 10.4. The van der Waals surface area contributed by atoms with Crippen molar-refractivity contribution in [2.45, 2.75) is 6.92 Å². The maximum atomic E-state index is 13.1. The van der Waals surface area contributed by atoms with Crippen LogP contribution in [0, 0.1) is 12.7 Å². The Labute approximate surface area is 96.6 Å². The number of halogens is 2. The number of hydrogen-bond acceptors (Lipinski definition) is 2. The van der Waals surface area contributed by atoms with Gasteiger partial charge in [0.2, 0.25) is 5.78 Å². The van der Waals surface area contributed by atoms with E-state index in [4.69, 9.17) is 16.0 Å². The largest absolute Gasteiger partial charge is 0.458 e. The fourth-order valence-corrected chi connectivity index (χ4v) is 1.45. The topological polar surface area (TPSA) is 30.2 Å². The van der Waals surface area contributed by atoms with E-state index in [0.717, 1.165) is 6.07 Å². The zero-order valence-electron chi connectivity index (χ0n) is 8.46. The number of aryl methyl sites for hydroxylation is 1. The van der Waals surface area contributed by atoms with E-state index in [-0.39, 0.29) is 22.1 Å². The number of carbonyl (C=O) groups excluding carboxylic acids is 1. The van der Waals surface area contributed by atoms with Gasteiger partial charge in [-0.3, -0.25) is 4.79 Å². The number of hydrogen-bond donors (Lipinski definition) is 0. The summed E-state index contributed by atoms with van der Waals surface area (Å²) < 4.78 is 18.3. The molecule has 0 radical (unpaired) electrons. The monoisotopic (exact) mass is 238 g/mol. The van der Waals surface area contributed by atoms with Crippen LogP contribution in [0.4, 0.5) is 4.39 Å². The van der Waals surface area contributed by atoms with E-state index in [1.807, 2.05) is 0 Å². The summed E-state index contributed by atoms with van der Waals surface area (Å²) in [6.45, 7) is 1.74. The van der Waals surface area contributed by atoms with Crippen LogP contribution in [0.2, 0.25) is 5.02 Å². The minimum absolute atomic E-state index is 0.00724. The Morgan fingerprint density at radius 1 is 1.31 bits per heavy atom. The smallest absolute Gasteiger partial charge is 0.228 e. The second-order valence-electron chi connectivity index (χ2n) is 3.37. The molecule has 0 atom stereocenters. The molecule has 1 aromatic carbocycles. The lowest BCUT2D eigenvalue weighted by molar-refractivity contribution is 0.101. The Bertz CT molecular complexity index is 546. The molecular formula is C12H8ClFO2. The van der Waals surface area contributed by atoms with Gasteiger partial charge in [0, 0.05) is 5.56 Å². The number of carbonyl (C=O) groups is 1. The first-order valence-corrected chi connectivity index (χ1v) is 5.02. The van der Waals surface area contributed by atoms with Gasteiger partial charge in [0.05, 0.1) is 5.02 Å². The predicted molar refractivity (Wildman–Crippen MR) is 58.3 cm³/mol. The third-order valence-electron chi connectivity index (χ3n) is 2.15. The van der Waals surface area contributed by atoms with Gasteiger partial charge in [-0.2, -0.15) is 0 Å². The van der Waals surface area contributed by atoms with Crippen LogP contribution >= 0.6 is 11.6 Å². The molecule has 0 spiro atoms. The molecule has 2 rings (SSSR count). The molecule has 0 N–H and O–H groups in total. The molecule has 0 aliphatic carbocycles. The van der Waals surface area contributed by atoms with Crippen LogP contribution in [0.1, 0.15) is 21.9 Å². The first-order chi connectivity index (χ1) is 7.58. The zero-order valence-corrected chi connectivity index (χ0v) is 9.22. The van der Waals surface area contributed by atoms with E-state index in [2.05, 4.69) is 0 Å². The molecule has 82 valence electrons. The van der Waals surface area contributed by atoms with Crippen LogP contribution in [0.15, 0.2) is 34.7 Å². The summed E-state index contributed by atoms with van der Waals surface area (Å²) in [6.07, 6.45) is 0. The van der Waals surface area contributed by atoms with Crippen molar-refractivity contribution in [2.75, 3.05) is 0 Å². The van der Waals surface area contributed by atoms with Crippen molar-refractivity contribution in [3.63, 3.8) is 0 Å². The molecule has 2 aromatic rings. The van der Waals surface area contributed by atoms with Crippen LogP contribution in [-0.2, 0) is 0 Å². The van der Waals surface area contributed by atoms with Crippen molar-refractivity contribution in [3.8, 4) is 0 Å². The minimum Gasteiger partial charge on any atom is -0.458 e. The van der Waals surface area contributed by atoms with Crippen LogP contribution in [0.25, 0.3) is 0 Å². The molecule has 0 fully saturated rings. The highest BCUT2D eigenvalue weighted by Gasteiger charge is 2.14. The Balaban J connectivity index is 2.38. The van der Waals surface area contributed by atoms with Crippen LogP contribution in [0.3, 0.4) is 0 Å². The Morgan fingerprint density at radius 2 is 2.06 bits per heavy atom. The molecule has 0 saturated carbocycles. The van der Waals surface area contributed by atoms with E-state index in [9.17, 15) is 9.18 Å². The van der Waals surface area contributed by atoms with Gasteiger partial charge >= 0.3 is 0 Å². The number of furan rings is 1. The second kappa shape index (κ2) is 4.10. The molecule has 0 aliphatic heterocycles. The van der Waals surface area contributed by atoms with Gasteiger partial charge in [0.15, 0.2) is 5.76 Å². The lowest BCUT2D eigenvalue weighted by Gasteiger charge is -1.99. The molecule has 0 aliphatic rings. The highest BCUT2D eigenvalue weighted by Crippen LogP contribution is 2.18. The minimum atomic E-state index is -0.615. The number of benzene rings is 1. The van der Waals surface area contributed by atoms with Crippen molar-refractivity contribution < 1.29 is 13.6 Å². The van der Waals surface area contributed by atoms with Crippen molar-refractivity contribution in [2.24, 2.45) is 0 Å². The molecule has 16 heavy (non-hydrogen) atoms. The summed E-state index contributed by atoms with van der Waals surface area (Å²) in [4.78, 5) is 11.8. The summed E-state index contributed by atoms with van der Waals surface area (Å²) in [7, 11) is 0. The number of ketones is 1. The Hall–Kier alpha value is -1.61. The quantitative estimate of drug-likeness (QED) is 0.748. The summed E-state index contributed by atoms with van der Waals surface area (Å²) >= 11 is 5.53. The van der Waals surface area contributed by atoms with Gasteiger partial charge in [-0.05, 0) is 37.3 Å². The highest BCUT2D eigenvalue weighted by atomic mass is 35.5. The van der Waals surface area contributed by atoms with E-state index in [1.165, 1.54) is 12.1 Å². The third kappa shape index (κ3) is 1.99. The molecule has 0 amide bonds. The Morgan fingerprint density at radius 3 is 2.62 bits per heavy atom. The Kier molecular flexibility index (Phi) is 2.79. The molecule has 2 nitrogen and oxygen atoms in total. The molecule has 1 heterocycles. The summed E-state index contributed by atoms with van der Waals surface area (Å²) in [6, 6.07) is 7.15. The molecule has 0 unspecified atom stereocenters. The number of rotatable bonds is 2. The van der Waals surface area contributed by atoms with Crippen molar-refractivity contribution >= 4 is 17.4 Å².